The third-order valence-electron chi connectivity index (χ3n) is 2.80. The van der Waals surface area contributed by atoms with E-state index in [9.17, 15) is 4.79 Å². The maximum atomic E-state index is 12.1. The van der Waals surface area contributed by atoms with Gasteiger partial charge in [0, 0.05) is 16.8 Å². The van der Waals surface area contributed by atoms with Crippen molar-refractivity contribution in [3.8, 4) is 0 Å². The molecule has 112 valence electrons. The van der Waals surface area contributed by atoms with Crippen molar-refractivity contribution in [2.75, 3.05) is 0 Å². The van der Waals surface area contributed by atoms with E-state index in [-0.39, 0.29) is 11.4 Å². The van der Waals surface area contributed by atoms with Gasteiger partial charge in [0.05, 0.1) is 6.21 Å². The van der Waals surface area contributed by atoms with Crippen LogP contribution in [0.4, 0.5) is 0 Å². The monoisotopic (exact) mass is 316 g/mol. The highest BCUT2D eigenvalue weighted by Gasteiger charge is 2.10. The molecule has 22 heavy (non-hydrogen) atoms. The Morgan fingerprint density at radius 2 is 2.18 bits per heavy atom. The van der Waals surface area contributed by atoms with Crippen molar-refractivity contribution >= 4 is 29.4 Å². The Kier molecular flexibility index (Phi) is 5.21. The molecule has 7 heteroatoms. The first kappa shape index (κ1) is 15.7. The number of benzene rings is 1. The summed E-state index contributed by atoms with van der Waals surface area (Å²) in [6.45, 7) is 1.78. The number of amides is 1. The van der Waals surface area contributed by atoms with Gasteiger partial charge in [0.15, 0.2) is 0 Å². The van der Waals surface area contributed by atoms with Crippen LogP contribution in [-0.2, 0) is 0 Å². The number of hydrogen-bond acceptors (Lipinski definition) is 5. The van der Waals surface area contributed by atoms with Gasteiger partial charge in [0.25, 0.3) is 5.91 Å². The molecule has 0 aliphatic rings. The number of aryl methyl sites for hydroxylation is 1. The standard InChI is InChI=1S/C15H13ClN4O2/c1-10-4-3-7-17-14(10)15(21)20-19-13(9-18-22)11-5-2-6-12(16)8-11/h2-9,22H,1H3,(H,20,21). The molecule has 0 atom stereocenters. The summed E-state index contributed by atoms with van der Waals surface area (Å²) in [5, 5.41) is 16.1. The van der Waals surface area contributed by atoms with E-state index in [0.717, 1.165) is 11.8 Å². The number of hydrogen-bond donors (Lipinski definition) is 2. The van der Waals surface area contributed by atoms with Crippen molar-refractivity contribution in [1.82, 2.24) is 10.4 Å². The van der Waals surface area contributed by atoms with Crippen LogP contribution in [0.2, 0.25) is 5.02 Å². The molecule has 6 nitrogen and oxygen atoms in total. The molecule has 0 saturated carbocycles. The number of oxime groups is 1. The van der Waals surface area contributed by atoms with Crippen LogP contribution in [-0.4, -0.2) is 28.0 Å². The highest BCUT2D eigenvalue weighted by atomic mass is 35.5. The topological polar surface area (TPSA) is 86.9 Å². The molecule has 2 N–H and O–H groups in total. The Balaban J connectivity index is 2.25. The smallest absolute Gasteiger partial charge is 0.290 e. The third kappa shape index (κ3) is 3.89. The summed E-state index contributed by atoms with van der Waals surface area (Å²) in [6.07, 6.45) is 2.63. The van der Waals surface area contributed by atoms with Gasteiger partial charge in [-0.3, -0.25) is 9.78 Å². The van der Waals surface area contributed by atoms with E-state index in [1.54, 1.807) is 43.3 Å². The van der Waals surface area contributed by atoms with E-state index in [0.29, 0.717) is 10.6 Å². The summed E-state index contributed by atoms with van der Waals surface area (Å²) in [5.41, 5.74) is 4.25. The number of halogens is 1. The van der Waals surface area contributed by atoms with Gasteiger partial charge in [-0.1, -0.05) is 35.0 Å². The van der Waals surface area contributed by atoms with Gasteiger partial charge in [-0.15, -0.1) is 0 Å². The highest BCUT2D eigenvalue weighted by molar-refractivity contribution is 6.39. The minimum absolute atomic E-state index is 0.256. The quantitative estimate of drug-likeness (QED) is 0.516. The van der Waals surface area contributed by atoms with Crippen LogP contribution in [0.15, 0.2) is 52.9 Å². The zero-order chi connectivity index (χ0) is 15.9. The van der Waals surface area contributed by atoms with Crippen LogP contribution < -0.4 is 5.43 Å². The van der Waals surface area contributed by atoms with Crippen molar-refractivity contribution in [2.45, 2.75) is 6.92 Å². The van der Waals surface area contributed by atoms with Crippen LogP contribution >= 0.6 is 11.6 Å². The molecule has 0 radical (unpaired) electrons. The largest absolute Gasteiger partial charge is 0.411 e. The van der Waals surface area contributed by atoms with Crippen molar-refractivity contribution in [1.29, 1.82) is 0 Å². The number of hydrazone groups is 1. The molecular formula is C15H13ClN4O2. The average molecular weight is 317 g/mol. The van der Waals surface area contributed by atoms with Gasteiger partial charge in [-0.2, -0.15) is 5.10 Å². The summed E-state index contributed by atoms with van der Waals surface area (Å²) < 4.78 is 0. The van der Waals surface area contributed by atoms with Crippen molar-refractivity contribution < 1.29 is 10.0 Å². The first-order valence-corrected chi connectivity index (χ1v) is 6.72. The molecule has 0 fully saturated rings. The molecule has 0 saturated heterocycles. The Labute approximate surface area is 132 Å². The lowest BCUT2D eigenvalue weighted by atomic mass is 10.1. The molecule has 1 aromatic heterocycles. The maximum absolute atomic E-state index is 12.1. The second-order valence-electron chi connectivity index (χ2n) is 4.36. The van der Waals surface area contributed by atoms with Crippen molar-refractivity contribution in [3.05, 3.63) is 64.4 Å². The predicted molar refractivity (Wildman–Crippen MR) is 84.7 cm³/mol. The first-order chi connectivity index (χ1) is 10.6. The molecule has 0 unspecified atom stereocenters. The lowest BCUT2D eigenvalue weighted by Gasteiger charge is -2.04. The lowest BCUT2D eigenvalue weighted by Crippen LogP contribution is -2.22. The molecule has 0 bridgehead atoms. The van der Waals surface area contributed by atoms with E-state index >= 15 is 0 Å². The number of pyridine rings is 1. The number of carbonyl (C=O) groups is 1. The van der Waals surface area contributed by atoms with Gasteiger partial charge in [-0.05, 0) is 30.7 Å². The number of aromatic nitrogens is 1. The molecule has 1 heterocycles. The van der Waals surface area contributed by atoms with Gasteiger partial charge in [-0.25, -0.2) is 5.43 Å². The SMILES string of the molecule is Cc1cccnc1C(=O)NN=C(C=NO)c1cccc(Cl)c1. The van der Waals surface area contributed by atoms with Gasteiger partial charge < -0.3 is 5.21 Å². The van der Waals surface area contributed by atoms with E-state index in [1.807, 2.05) is 0 Å². The Morgan fingerprint density at radius 3 is 2.86 bits per heavy atom. The number of carbonyl (C=O) groups excluding carboxylic acids is 1. The highest BCUT2D eigenvalue weighted by Crippen LogP contribution is 2.11. The molecule has 1 amide bonds. The predicted octanol–water partition coefficient (Wildman–Crippen LogP) is 2.64. The van der Waals surface area contributed by atoms with E-state index in [2.05, 4.69) is 20.7 Å². The lowest BCUT2D eigenvalue weighted by molar-refractivity contribution is 0.0949. The van der Waals surface area contributed by atoms with Crippen LogP contribution in [0.25, 0.3) is 0 Å². The Bertz CT molecular complexity index is 744. The molecule has 0 spiro atoms. The summed E-state index contributed by atoms with van der Waals surface area (Å²) in [5.74, 6) is -0.455. The molecule has 0 aliphatic carbocycles. The maximum Gasteiger partial charge on any atom is 0.290 e. The van der Waals surface area contributed by atoms with Crippen LogP contribution in [0, 0.1) is 6.92 Å². The number of nitrogens with one attached hydrogen (secondary N) is 1. The summed E-state index contributed by atoms with van der Waals surface area (Å²) >= 11 is 5.91. The normalized spacial score (nSPS) is 11.6. The zero-order valence-corrected chi connectivity index (χ0v) is 12.4. The molecule has 0 aliphatic heterocycles. The second-order valence-corrected chi connectivity index (χ2v) is 4.80. The molecule has 2 rings (SSSR count). The molecule has 2 aromatic rings. The minimum atomic E-state index is -0.455. The fraction of sp³-hybridized carbons (Fsp3) is 0.0667. The second kappa shape index (κ2) is 7.33. The first-order valence-electron chi connectivity index (χ1n) is 6.35. The van der Waals surface area contributed by atoms with Crippen LogP contribution in [0.5, 0.6) is 0 Å². The van der Waals surface area contributed by atoms with Crippen molar-refractivity contribution in [3.63, 3.8) is 0 Å². The van der Waals surface area contributed by atoms with Crippen LogP contribution in [0.3, 0.4) is 0 Å². The Hall–Kier alpha value is -2.73. The summed E-state index contributed by atoms with van der Waals surface area (Å²) in [6, 6.07) is 10.3. The summed E-state index contributed by atoms with van der Waals surface area (Å²) in [4.78, 5) is 16.1. The molecular weight excluding hydrogens is 304 g/mol. The summed E-state index contributed by atoms with van der Waals surface area (Å²) in [7, 11) is 0. The zero-order valence-electron chi connectivity index (χ0n) is 11.7. The Morgan fingerprint density at radius 1 is 1.36 bits per heavy atom. The van der Waals surface area contributed by atoms with Crippen molar-refractivity contribution in [2.24, 2.45) is 10.3 Å². The van der Waals surface area contributed by atoms with Gasteiger partial charge in [0.1, 0.15) is 11.4 Å². The fourth-order valence-electron chi connectivity index (χ4n) is 1.76. The molecule has 1 aromatic carbocycles. The van der Waals surface area contributed by atoms with E-state index in [1.165, 1.54) is 6.20 Å². The minimum Gasteiger partial charge on any atom is -0.411 e. The number of nitrogens with zero attached hydrogens (tertiary/aromatic N) is 3. The fourth-order valence-corrected chi connectivity index (χ4v) is 1.95. The van der Waals surface area contributed by atoms with E-state index < -0.39 is 5.91 Å². The average Bonchev–Trinajstić information content (AvgIpc) is 2.51. The van der Waals surface area contributed by atoms with E-state index in [4.69, 9.17) is 16.8 Å². The van der Waals surface area contributed by atoms with Crippen LogP contribution in [0.1, 0.15) is 21.6 Å². The van der Waals surface area contributed by atoms with Gasteiger partial charge in [0.2, 0.25) is 0 Å². The third-order valence-corrected chi connectivity index (χ3v) is 3.04. The number of rotatable bonds is 4. The van der Waals surface area contributed by atoms with Gasteiger partial charge >= 0.3 is 0 Å².